The Morgan fingerprint density at radius 3 is 1.29 bits per heavy atom. The van der Waals surface area contributed by atoms with Crippen LogP contribution in [0.15, 0.2) is 48.8 Å². The average molecular weight is 313 g/mol. The topological polar surface area (TPSA) is 50.3 Å². The Kier molecular flexibility index (Phi) is 7.45. The van der Waals surface area contributed by atoms with Crippen LogP contribution in [0, 0.1) is 9.28 Å². The zero-order valence-electron chi connectivity index (χ0n) is 8.54. The Morgan fingerprint density at radius 1 is 0.765 bits per heavy atom. The summed E-state index contributed by atoms with van der Waals surface area (Å²) >= 11 is 9.33. The maximum atomic E-state index is 8.73. The number of hydrogen-bond donors (Lipinski definition) is 2. The van der Waals surface area contributed by atoms with E-state index in [0.29, 0.717) is 9.28 Å². The van der Waals surface area contributed by atoms with Gasteiger partial charge in [-0.05, 0) is 24.3 Å². The minimum Gasteiger partial charge on any atom is -0.428 e. The third-order valence-electron chi connectivity index (χ3n) is 1.61. The van der Waals surface area contributed by atoms with Crippen LogP contribution in [-0.2, 0) is 16.5 Å². The molecule has 4 nitrogen and oxygen atoms in total. The number of hydrogen-bond acceptors (Lipinski definition) is 4. The third-order valence-corrected chi connectivity index (χ3v) is 2.25. The van der Waals surface area contributed by atoms with E-state index in [0.717, 1.165) is 9.46 Å². The molecule has 0 aliphatic carbocycles. The van der Waals surface area contributed by atoms with E-state index < -0.39 is 0 Å². The molecule has 0 fully saturated rings. The van der Waals surface area contributed by atoms with Gasteiger partial charge in [0.1, 0.15) is 9.28 Å². The van der Waals surface area contributed by atoms with Crippen molar-refractivity contribution in [3.63, 3.8) is 0 Å². The van der Waals surface area contributed by atoms with Crippen LogP contribution >= 0.6 is 24.4 Å². The molecule has 0 bridgehead atoms. The number of aromatic nitrogens is 2. The zero-order chi connectivity index (χ0) is 12.0. The molecule has 0 atom stereocenters. The van der Waals surface area contributed by atoms with E-state index in [1.807, 2.05) is 0 Å². The Hall–Kier alpha value is -1.17. The molecule has 17 heavy (non-hydrogen) atoms. The van der Waals surface area contributed by atoms with Crippen LogP contribution in [0.4, 0.5) is 0 Å². The molecule has 0 aliphatic rings. The first-order valence-corrected chi connectivity index (χ1v) is 5.17. The van der Waals surface area contributed by atoms with Crippen molar-refractivity contribution in [2.45, 2.75) is 0 Å². The van der Waals surface area contributed by atoms with Crippen molar-refractivity contribution in [1.29, 1.82) is 0 Å². The van der Waals surface area contributed by atoms with Gasteiger partial charge in [0.15, 0.2) is 0 Å². The molecule has 7 heteroatoms. The third kappa shape index (κ3) is 5.63. The summed E-state index contributed by atoms with van der Waals surface area (Å²) in [5.74, 6) is 0. The molecular formula is C10H10N2NiO2S2+2. The monoisotopic (exact) mass is 312 g/mol. The molecular weight excluding hydrogens is 303 g/mol. The number of nitrogens with zero attached hydrogens (tertiary/aromatic N) is 2. The van der Waals surface area contributed by atoms with Gasteiger partial charge in [-0.25, -0.2) is 0 Å². The molecule has 0 aromatic carbocycles. The molecule has 0 aliphatic heterocycles. The first kappa shape index (κ1) is 15.8. The van der Waals surface area contributed by atoms with Gasteiger partial charge >= 0.3 is 16.5 Å². The average Bonchev–Trinajstić information content (AvgIpc) is 2.28. The maximum absolute atomic E-state index is 8.73. The summed E-state index contributed by atoms with van der Waals surface area (Å²) < 4.78 is 2.64. The van der Waals surface area contributed by atoms with Crippen molar-refractivity contribution in [1.82, 2.24) is 9.46 Å². The van der Waals surface area contributed by atoms with Crippen molar-refractivity contribution in [3.05, 3.63) is 58.1 Å². The van der Waals surface area contributed by atoms with E-state index in [1.54, 1.807) is 36.4 Å². The Balaban J connectivity index is 0.000000284. The molecule has 2 heterocycles. The summed E-state index contributed by atoms with van der Waals surface area (Å²) in [6, 6.07) is 10.3. The first-order chi connectivity index (χ1) is 7.61. The fourth-order valence-corrected chi connectivity index (χ4v) is 1.12. The van der Waals surface area contributed by atoms with Gasteiger partial charge in [-0.3, -0.25) is 0 Å². The predicted molar refractivity (Wildman–Crippen MR) is 64.9 cm³/mol. The molecule has 2 rings (SSSR count). The Bertz CT molecular complexity index is 517. The van der Waals surface area contributed by atoms with Crippen LogP contribution in [-0.4, -0.2) is 19.9 Å². The summed E-state index contributed by atoms with van der Waals surface area (Å²) in [5.41, 5.74) is 0. The smallest absolute Gasteiger partial charge is 0.428 e. The molecule has 2 aromatic rings. The second kappa shape index (κ2) is 8.00. The van der Waals surface area contributed by atoms with Crippen LogP contribution in [0.25, 0.3) is 0 Å². The van der Waals surface area contributed by atoms with E-state index in [1.165, 1.54) is 12.4 Å². The zero-order valence-corrected chi connectivity index (χ0v) is 11.2. The molecule has 0 radical (unpaired) electrons. The summed E-state index contributed by atoms with van der Waals surface area (Å²) in [6.07, 6.45) is 2.98. The van der Waals surface area contributed by atoms with E-state index in [2.05, 4.69) is 24.4 Å². The Labute approximate surface area is 119 Å². The van der Waals surface area contributed by atoms with Crippen LogP contribution in [0.1, 0.15) is 0 Å². The van der Waals surface area contributed by atoms with Gasteiger partial charge in [-0.1, -0.05) is 36.6 Å². The quantitative estimate of drug-likeness (QED) is 0.446. The standard InChI is InChI=1S/2C5H5NOS.Ni/c2*7-6-4-2-1-3-5(6)8;/h2*1-4,7H;/q;;+2. The van der Waals surface area contributed by atoms with Crippen LogP contribution in [0.2, 0.25) is 0 Å². The SMILES string of the molecule is On1ccccc1=S.On1ccccc1=S.[Ni+2]. The van der Waals surface area contributed by atoms with Gasteiger partial charge < -0.3 is 10.4 Å². The predicted octanol–water partition coefficient (Wildman–Crippen LogP) is 2.91. The molecule has 2 aromatic heterocycles. The van der Waals surface area contributed by atoms with E-state index in [9.17, 15) is 0 Å². The van der Waals surface area contributed by atoms with Crippen LogP contribution in [0.5, 0.6) is 0 Å². The first-order valence-electron chi connectivity index (χ1n) is 4.35. The Morgan fingerprint density at radius 2 is 1.12 bits per heavy atom. The molecule has 92 valence electrons. The molecule has 0 amide bonds. The summed E-state index contributed by atoms with van der Waals surface area (Å²) in [7, 11) is 0. The molecule has 0 saturated carbocycles. The van der Waals surface area contributed by atoms with Crippen LogP contribution in [0.3, 0.4) is 0 Å². The van der Waals surface area contributed by atoms with Crippen molar-refractivity contribution in [3.8, 4) is 0 Å². The fourth-order valence-electron chi connectivity index (χ4n) is 0.838. The normalized spacial score (nSPS) is 8.47. The fraction of sp³-hybridized carbons (Fsp3) is 0. The van der Waals surface area contributed by atoms with Crippen molar-refractivity contribution >= 4 is 24.4 Å². The number of rotatable bonds is 0. The second-order valence-electron chi connectivity index (χ2n) is 2.77. The molecule has 2 N–H and O–H groups in total. The maximum Gasteiger partial charge on any atom is 2.00 e. The summed E-state index contributed by atoms with van der Waals surface area (Å²) in [4.78, 5) is 0. The number of pyridine rings is 2. The molecule has 0 unspecified atom stereocenters. The minimum atomic E-state index is 0. The van der Waals surface area contributed by atoms with E-state index in [-0.39, 0.29) is 16.5 Å². The van der Waals surface area contributed by atoms with Gasteiger partial charge in [0.25, 0.3) is 0 Å². The van der Waals surface area contributed by atoms with Crippen LogP contribution < -0.4 is 0 Å². The minimum absolute atomic E-state index is 0. The van der Waals surface area contributed by atoms with Crippen molar-refractivity contribution < 1.29 is 26.9 Å². The van der Waals surface area contributed by atoms with Crippen molar-refractivity contribution in [2.75, 3.05) is 0 Å². The van der Waals surface area contributed by atoms with E-state index in [4.69, 9.17) is 10.4 Å². The second-order valence-corrected chi connectivity index (χ2v) is 3.60. The van der Waals surface area contributed by atoms with Gasteiger partial charge in [0, 0.05) is 12.4 Å². The van der Waals surface area contributed by atoms with Gasteiger partial charge in [0.05, 0.1) is 0 Å². The van der Waals surface area contributed by atoms with Gasteiger partial charge in [-0.2, -0.15) is 9.46 Å². The summed E-state index contributed by atoms with van der Waals surface area (Å²) in [6.45, 7) is 0. The van der Waals surface area contributed by atoms with Gasteiger partial charge in [-0.15, -0.1) is 0 Å². The van der Waals surface area contributed by atoms with Crippen molar-refractivity contribution in [2.24, 2.45) is 0 Å². The van der Waals surface area contributed by atoms with E-state index >= 15 is 0 Å². The summed E-state index contributed by atoms with van der Waals surface area (Å²) in [5, 5.41) is 17.5. The molecule has 0 saturated heterocycles. The van der Waals surface area contributed by atoms with Gasteiger partial charge in [0.2, 0.25) is 0 Å². The molecule has 0 spiro atoms. The largest absolute Gasteiger partial charge is 2.00 e.